The zero-order valence-corrected chi connectivity index (χ0v) is 13.3. The van der Waals surface area contributed by atoms with Gasteiger partial charge < -0.3 is 9.47 Å². The molecule has 1 saturated heterocycles. The molecule has 2 atom stereocenters. The summed E-state index contributed by atoms with van der Waals surface area (Å²) in [4.78, 5) is 26.9. The second-order valence-electron chi connectivity index (χ2n) is 6.08. The molecule has 0 aromatic heterocycles. The first-order valence-electron chi connectivity index (χ1n) is 8.01. The molecule has 2 aromatic rings. The number of benzene rings is 2. The van der Waals surface area contributed by atoms with Crippen molar-refractivity contribution in [2.24, 2.45) is 0 Å². The Hall–Kier alpha value is -2.82. The number of carbonyl (C=O) groups excluding carboxylic acids is 2. The van der Waals surface area contributed by atoms with Crippen molar-refractivity contribution in [3.8, 4) is 5.75 Å². The third kappa shape index (κ3) is 2.01. The minimum Gasteiger partial charge on any atom is -0.435 e. The predicted octanol–water partition coefficient (Wildman–Crippen LogP) is 3.45. The third-order valence-corrected chi connectivity index (χ3v) is 4.80. The van der Waals surface area contributed by atoms with Gasteiger partial charge in [0, 0.05) is 6.42 Å². The Morgan fingerprint density at radius 3 is 2.50 bits per heavy atom. The Balaban J connectivity index is 1.79. The molecule has 24 heavy (non-hydrogen) atoms. The minimum atomic E-state index is -1.05. The van der Waals surface area contributed by atoms with E-state index in [0.717, 1.165) is 5.56 Å². The molecule has 122 valence electrons. The summed E-state index contributed by atoms with van der Waals surface area (Å²) in [5, 5.41) is 0. The van der Waals surface area contributed by atoms with Crippen molar-refractivity contribution in [2.45, 2.75) is 31.5 Å². The molecule has 0 aliphatic carbocycles. The number of fused-ring (bicyclic) bond motifs is 3. The van der Waals surface area contributed by atoms with E-state index in [1.165, 1.54) is 4.90 Å². The Kier molecular flexibility index (Phi) is 3.30. The first kappa shape index (κ1) is 14.8. The molecule has 0 spiro atoms. The fourth-order valence-electron chi connectivity index (χ4n) is 3.51. The molecule has 5 heteroatoms. The summed E-state index contributed by atoms with van der Waals surface area (Å²) in [6.07, 6.45) is -0.410. The molecule has 2 aliphatic rings. The SMILES string of the molecule is CC[C@]1(Cc2ccccc2)C(=O)O[C@@H]2c3ccccc3OC(=O)N21. The summed E-state index contributed by atoms with van der Waals surface area (Å²) in [5.41, 5.74) is 0.633. The van der Waals surface area contributed by atoms with Gasteiger partial charge in [-0.3, -0.25) is 4.90 Å². The van der Waals surface area contributed by atoms with Crippen LogP contribution in [-0.2, 0) is 16.0 Å². The van der Waals surface area contributed by atoms with Gasteiger partial charge in [-0.2, -0.15) is 0 Å². The van der Waals surface area contributed by atoms with Gasteiger partial charge in [0.1, 0.15) is 5.75 Å². The number of amides is 1. The lowest BCUT2D eigenvalue weighted by atomic mass is 9.87. The second kappa shape index (κ2) is 5.37. The van der Waals surface area contributed by atoms with Gasteiger partial charge in [-0.25, -0.2) is 9.59 Å². The van der Waals surface area contributed by atoms with Crippen LogP contribution in [-0.4, -0.2) is 22.5 Å². The van der Waals surface area contributed by atoms with Gasteiger partial charge in [0.2, 0.25) is 6.23 Å². The number of nitrogens with zero attached hydrogens (tertiary/aromatic N) is 1. The molecule has 1 amide bonds. The molecule has 0 bridgehead atoms. The van der Waals surface area contributed by atoms with Crippen LogP contribution in [0.5, 0.6) is 5.75 Å². The number of ether oxygens (including phenoxy) is 2. The quantitative estimate of drug-likeness (QED) is 0.812. The summed E-state index contributed by atoms with van der Waals surface area (Å²) in [6, 6.07) is 16.8. The van der Waals surface area contributed by atoms with E-state index in [-0.39, 0.29) is 5.97 Å². The van der Waals surface area contributed by atoms with Gasteiger partial charge in [-0.05, 0) is 24.1 Å². The average Bonchev–Trinajstić information content (AvgIpc) is 2.89. The highest BCUT2D eigenvalue weighted by Gasteiger charge is 2.59. The lowest BCUT2D eigenvalue weighted by Crippen LogP contribution is -2.55. The summed E-state index contributed by atoms with van der Waals surface area (Å²) in [7, 11) is 0. The molecule has 1 fully saturated rings. The number of rotatable bonds is 3. The van der Waals surface area contributed by atoms with Crippen molar-refractivity contribution in [3.05, 3.63) is 65.7 Å². The van der Waals surface area contributed by atoms with Crippen LogP contribution in [0, 0.1) is 0 Å². The van der Waals surface area contributed by atoms with E-state index in [9.17, 15) is 9.59 Å². The smallest absolute Gasteiger partial charge is 0.419 e. The van der Waals surface area contributed by atoms with Crippen LogP contribution in [0.1, 0.15) is 30.7 Å². The van der Waals surface area contributed by atoms with Gasteiger partial charge in [0.25, 0.3) is 0 Å². The molecule has 4 rings (SSSR count). The topological polar surface area (TPSA) is 55.8 Å². The minimum absolute atomic E-state index is 0.382. The van der Waals surface area contributed by atoms with Crippen molar-refractivity contribution in [1.82, 2.24) is 4.90 Å². The lowest BCUT2D eigenvalue weighted by molar-refractivity contribution is -0.145. The largest absolute Gasteiger partial charge is 0.435 e. The van der Waals surface area contributed by atoms with Gasteiger partial charge in [-0.15, -0.1) is 0 Å². The van der Waals surface area contributed by atoms with E-state index in [1.807, 2.05) is 49.4 Å². The van der Waals surface area contributed by atoms with E-state index < -0.39 is 17.9 Å². The van der Waals surface area contributed by atoms with Gasteiger partial charge >= 0.3 is 12.1 Å². The lowest BCUT2D eigenvalue weighted by Gasteiger charge is -2.37. The Morgan fingerprint density at radius 1 is 1.04 bits per heavy atom. The average molecular weight is 323 g/mol. The molecule has 2 aromatic carbocycles. The predicted molar refractivity (Wildman–Crippen MR) is 86.3 cm³/mol. The van der Waals surface area contributed by atoms with Gasteiger partial charge in [0.15, 0.2) is 5.54 Å². The fourth-order valence-corrected chi connectivity index (χ4v) is 3.51. The van der Waals surface area contributed by atoms with Crippen molar-refractivity contribution < 1.29 is 19.1 Å². The van der Waals surface area contributed by atoms with Crippen LogP contribution >= 0.6 is 0 Å². The molecule has 0 saturated carbocycles. The van der Waals surface area contributed by atoms with E-state index in [1.54, 1.807) is 12.1 Å². The van der Waals surface area contributed by atoms with Crippen LogP contribution < -0.4 is 4.74 Å². The zero-order chi connectivity index (χ0) is 16.7. The zero-order valence-electron chi connectivity index (χ0n) is 13.3. The maximum absolute atomic E-state index is 12.8. The Labute approximate surface area is 139 Å². The standard InChI is InChI=1S/C19H17NO4/c1-2-19(12-13-8-4-3-5-9-13)17(21)24-16-14-10-6-7-11-15(14)23-18(22)20(16)19/h3-11,16H,2,12H2,1H3/t16-,19+/m1/s1. The third-order valence-electron chi connectivity index (χ3n) is 4.80. The monoisotopic (exact) mass is 323 g/mol. The molecule has 0 N–H and O–H groups in total. The van der Waals surface area contributed by atoms with E-state index in [0.29, 0.717) is 24.2 Å². The molecule has 0 radical (unpaired) electrons. The first-order chi connectivity index (χ1) is 11.7. The van der Waals surface area contributed by atoms with Crippen molar-refractivity contribution >= 4 is 12.1 Å². The first-order valence-corrected chi connectivity index (χ1v) is 8.01. The fraction of sp³-hybridized carbons (Fsp3) is 0.263. The summed E-state index contributed by atoms with van der Waals surface area (Å²) < 4.78 is 11.1. The highest BCUT2D eigenvalue weighted by atomic mass is 16.6. The molecular weight excluding hydrogens is 306 g/mol. The van der Waals surface area contributed by atoms with E-state index in [2.05, 4.69) is 0 Å². The number of para-hydroxylation sites is 1. The maximum Gasteiger partial charge on any atom is 0.419 e. The summed E-state index contributed by atoms with van der Waals surface area (Å²) >= 11 is 0. The Bertz CT molecular complexity index is 804. The molecular formula is C19H17NO4. The number of hydrogen-bond donors (Lipinski definition) is 0. The number of esters is 1. The molecule has 5 nitrogen and oxygen atoms in total. The highest BCUT2D eigenvalue weighted by molar-refractivity contribution is 5.91. The van der Waals surface area contributed by atoms with Crippen LogP contribution in [0.4, 0.5) is 4.79 Å². The van der Waals surface area contributed by atoms with Crippen molar-refractivity contribution in [1.29, 1.82) is 0 Å². The summed E-state index contributed by atoms with van der Waals surface area (Å²) in [5.74, 6) is 0.0654. The van der Waals surface area contributed by atoms with Gasteiger partial charge in [0.05, 0.1) is 5.56 Å². The van der Waals surface area contributed by atoms with Crippen molar-refractivity contribution in [3.63, 3.8) is 0 Å². The number of hydrogen-bond acceptors (Lipinski definition) is 4. The Morgan fingerprint density at radius 2 is 1.75 bits per heavy atom. The molecule has 2 heterocycles. The summed E-state index contributed by atoms with van der Waals surface area (Å²) in [6.45, 7) is 1.89. The van der Waals surface area contributed by atoms with Crippen LogP contribution in [0.3, 0.4) is 0 Å². The van der Waals surface area contributed by atoms with Crippen LogP contribution in [0.25, 0.3) is 0 Å². The van der Waals surface area contributed by atoms with Crippen molar-refractivity contribution in [2.75, 3.05) is 0 Å². The normalized spacial score (nSPS) is 24.9. The van der Waals surface area contributed by atoms with E-state index >= 15 is 0 Å². The highest BCUT2D eigenvalue weighted by Crippen LogP contribution is 2.47. The van der Waals surface area contributed by atoms with E-state index in [4.69, 9.17) is 9.47 Å². The maximum atomic E-state index is 12.8. The molecule has 2 aliphatic heterocycles. The second-order valence-corrected chi connectivity index (χ2v) is 6.08. The van der Waals surface area contributed by atoms with Gasteiger partial charge in [-0.1, -0.05) is 49.4 Å². The molecule has 0 unspecified atom stereocenters. The van der Waals surface area contributed by atoms with Crippen LogP contribution in [0.2, 0.25) is 0 Å². The van der Waals surface area contributed by atoms with Crippen LogP contribution in [0.15, 0.2) is 54.6 Å². The number of carbonyl (C=O) groups is 2.